The standard InChI is InChI=1S/C13H22N2O2S/c1-13(2,3)10-18(16,17)15-9-12-6-4-5-11(7-12)8-14/h4-7,15H,8-10,14H2,1-3H3. The molecule has 0 aromatic heterocycles. The van der Waals surface area contributed by atoms with Gasteiger partial charge in [-0.25, -0.2) is 13.1 Å². The molecular weight excluding hydrogens is 248 g/mol. The quantitative estimate of drug-likeness (QED) is 0.854. The first-order valence-electron chi connectivity index (χ1n) is 5.97. The Balaban J connectivity index is 2.64. The van der Waals surface area contributed by atoms with Crippen LogP contribution in [0.1, 0.15) is 31.9 Å². The number of rotatable bonds is 5. The SMILES string of the molecule is CC(C)(C)CS(=O)(=O)NCc1cccc(CN)c1. The van der Waals surface area contributed by atoms with Crippen LogP contribution in [0.15, 0.2) is 24.3 Å². The van der Waals surface area contributed by atoms with E-state index in [4.69, 9.17) is 5.73 Å². The Labute approximate surface area is 110 Å². The predicted octanol–water partition coefficient (Wildman–Crippen LogP) is 1.61. The molecule has 0 saturated carbocycles. The maximum absolute atomic E-state index is 11.8. The highest BCUT2D eigenvalue weighted by molar-refractivity contribution is 7.89. The van der Waals surface area contributed by atoms with Crippen molar-refractivity contribution in [3.63, 3.8) is 0 Å². The van der Waals surface area contributed by atoms with Crippen molar-refractivity contribution in [1.82, 2.24) is 4.72 Å². The fourth-order valence-electron chi connectivity index (χ4n) is 1.68. The molecule has 0 spiro atoms. The number of benzene rings is 1. The van der Waals surface area contributed by atoms with E-state index in [1.54, 1.807) is 0 Å². The van der Waals surface area contributed by atoms with Crippen LogP contribution in [0.4, 0.5) is 0 Å². The summed E-state index contributed by atoms with van der Waals surface area (Å²) in [6.07, 6.45) is 0. The summed E-state index contributed by atoms with van der Waals surface area (Å²) in [5.74, 6) is 0.122. The van der Waals surface area contributed by atoms with E-state index in [1.807, 2.05) is 45.0 Å². The van der Waals surface area contributed by atoms with Gasteiger partial charge in [0.15, 0.2) is 0 Å². The van der Waals surface area contributed by atoms with E-state index in [2.05, 4.69) is 4.72 Å². The van der Waals surface area contributed by atoms with Crippen molar-refractivity contribution in [2.24, 2.45) is 11.1 Å². The third-order valence-corrected chi connectivity index (χ3v) is 4.18. The third-order valence-electron chi connectivity index (χ3n) is 2.35. The van der Waals surface area contributed by atoms with Gasteiger partial charge in [0.05, 0.1) is 5.75 Å². The summed E-state index contributed by atoms with van der Waals surface area (Å²) in [5.41, 5.74) is 7.23. The first-order chi connectivity index (χ1) is 8.22. The van der Waals surface area contributed by atoms with E-state index >= 15 is 0 Å². The number of hydrogen-bond donors (Lipinski definition) is 2. The van der Waals surface area contributed by atoms with Gasteiger partial charge in [0.2, 0.25) is 10.0 Å². The van der Waals surface area contributed by atoms with Gasteiger partial charge in [-0.05, 0) is 16.5 Å². The number of nitrogens with two attached hydrogens (primary N) is 1. The fraction of sp³-hybridized carbons (Fsp3) is 0.538. The van der Waals surface area contributed by atoms with Crippen LogP contribution in [-0.2, 0) is 23.1 Å². The minimum atomic E-state index is -3.24. The van der Waals surface area contributed by atoms with Crippen molar-refractivity contribution in [2.75, 3.05) is 5.75 Å². The Hall–Kier alpha value is -0.910. The van der Waals surface area contributed by atoms with Crippen molar-refractivity contribution in [3.8, 4) is 0 Å². The Bertz CT molecular complexity index is 490. The van der Waals surface area contributed by atoms with E-state index in [1.165, 1.54) is 0 Å². The lowest BCUT2D eigenvalue weighted by molar-refractivity contribution is 0.458. The third kappa shape index (κ3) is 5.62. The number of sulfonamides is 1. The largest absolute Gasteiger partial charge is 0.326 e. The van der Waals surface area contributed by atoms with Crippen LogP contribution in [0.5, 0.6) is 0 Å². The molecule has 18 heavy (non-hydrogen) atoms. The molecule has 0 bridgehead atoms. The summed E-state index contributed by atoms with van der Waals surface area (Å²) in [6, 6.07) is 7.61. The molecule has 0 atom stereocenters. The summed E-state index contributed by atoms with van der Waals surface area (Å²) in [6.45, 7) is 6.48. The molecule has 0 unspecified atom stereocenters. The van der Waals surface area contributed by atoms with Crippen molar-refractivity contribution in [2.45, 2.75) is 33.9 Å². The predicted molar refractivity (Wildman–Crippen MR) is 74.4 cm³/mol. The van der Waals surface area contributed by atoms with Crippen LogP contribution < -0.4 is 10.5 Å². The Morgan fingerprint density at radius 3 is 2.39 bits per heavy atom. The van der Waals surface area contributed by atoms with Crippen LogP contribution in [0.25, 0.3) is 0 Å². The van der Waals surface area contributed by atoms with Gasteiger partial charge in [0.25, 0.3) is 0 Å². The fourth-order valence-corrected chi connectivity index (χ4v) is 3.31. The van der Waals surface area contributed by atoms with Crippen molar-refractivity contribution in [3.05, 3.63) is 35.4 Å². The molecule has 4 nitrogen and oxygen atoms in total. The molecule has 0 amide bonds. The lowest BCUT2D eigenvalue weighted by Crippen LogP contribution is -2.32. The average molecular weight is 270 g/mol. The molecule has 0 fully saturated rings. The number of nitrogens with one attached hydrogen (secondary N) is 1. The van der Waals surface area contributed by atoms with Crippen LogP contribution >= 0.6 is 0 Å². The second-order valence-corrected chi connectivity index (χ2v) is 7.47. The van der Waals surface area contributed by atoms with E-state index in [0.29, 0.717) is 13.1 Å². The van der Waals surface area contributed by atoms with E-state index < -0.39 is 10.0 Å². The van der Waals surface area contributed by atoms with Gasteiger partial charge in [0, 0.05) is 13.1 Å². The van der Waals surface area contributed by atoms with E-state index in [0.717, 1.165) is 11.1 Å². The lowest BCUT2D eigenvalue weighted by Gasteiger charge is -2.18. The van der Waals surface area contributed by atoms with Gasteiger partial charge in [0.1, 0.15) is 0 Å². The maximum Gasteiger partial charge on any atom is 0.212 e. The Morgan fingerprint density at radius 1 is 1.22 bits per heavy atom. The second kappa shape index (κ2) is 5.82. The second-order valence-electron chi connectivity index (χ2n) is 5.66. The van der Waals surface area contributed by atoms with Crippen LogP contribution in [0, 0.1) is 5.41 Å². The van der Waals surface area contributed by atoms with Gasteiger partial charge in [-0.2, -0.15) is 0 Å². The van der Waals surface area contributed by atoms with Gasteiger partial charge in [-0.15, -0.1) is 0 Å². The molecule has 0 aliphatic rings. The minimum Gasteiger partial charge on any atom is -0.326 e. The van der Waals surface area contributed by atoms with Crippen LogP contribution in [0.3, 0.4) is 0 Å². The number of hydrogen-bond acceptors (Lipinski definition) is 3. The van der Waals surface area contributed by atoms with Gasteiger partial charge in [-0.3, -0.25) is 0 Å². The van der Waals surface area contributed by atoms with Crippen molar-refractivity contribution >= 4 is 10.0 Å². The highest BCUT2D eigenvalue weighted by Crippen LogP contribution is 2.15. The minimum absolute atomic E-state index is 0.122. The van der Waals surface area contributed by atoms with Crippen molar-refractivity contribution < 1.29 is 8.42 Å². The average Bonchev–Trinajstić information content (AvgIpc) is 2.24. The lowest BCUT2D eigenvalue weighted by atomic mass is 10.0. The molecule has 0 aliphatic carbocycles. The van der Waals surface area contributed by atoms with E-state index in [-0.39, 0.29) is 11.2 Å². The molecule has 3 N–H and O–H groups in total. The summed E-state index contributed by atoms with van der Waals surface area (Å²) in [4.78, 5) is 0. The van der Waals surface area contributed by atoms with Crippen LogP contribution in [0.2, 0.25) is 0 Å². The molecule has 0 heterocycles. The molecular formula is C13H22N2O2S. The zero-order chi connectivity index (χ0) is 13.8. The zero-order valence-corrected chi connectivity index (χ0v) is 12.0. The van der Waals surface area contributed by atoms with Crippen molar-refractivity contribution in [1.29, 1.82) is 0 Å². The Morgan fingerprint density at radius 2 is 1.83 bits per heavy atom. The highest BCUT2D eigenvalue weighted by atomic mass is 32.2. The molecule has 5 heteroatoms. The topological polar surface area (TPSA) is 72.2 Å². The van der Waals surface area contributed by atoms with Gasteiger partial charge in [-0.1, -0.05) is 45.0 Å². The highest BCUT2D eigenvalue weighted by Gasteiger charge is 2.20. The normalized spacial score (nSPS) is 12.7. The molecule has 102 valence electrons. The smallest absolute Gasteiger partial charge is 0.212 e. The molecule has 0 saturated heterocycles. The maximum atomic E-state index is 11.8. The summed E-state index contributed by atoms with van der Waals surface area (Å²) >= 11 is 0. The molecule has 1 aromatic rings. The molecule has 0 aliphatic heterocycles. The molecule has 1 aromatic carbocycles. The molecule has 1 rings (SSSR count). The van der Waals surface area contributed by atoms with Crippen LogP contribution in [-0.4, -0.2) is 14.2 Å². The first kappa shape index (κ1) is 15.1. The molecule has 0 radical (unpaired) electrons. The first-order valence-corrected chi connectivity index (χ1v) is 7.62. The van der Waals surface area contributed by atoms with E-state index in [9.17, 15) is 8.42 Å². The summed E-state index contributed by atoms with van der Waals surface area (Å²) in [7, 11) is -3.24. The monoisotopic (exact) mass is 270 g/mol. The van der Waals surface area contributed by atoms with Gasteiger partial charge < -0.3 is 5.73 Å². The summed E-state index contributed by atoms with van der Waals surface area (Å²) in [5, 5.41) is 0. The van der Waals surface area contributed by atoms with Gasteiger partial charge >= 0.3 is 0 Å². The Kier molecular flexibility index (Phi) is 4.90. The zero-order valence-electron chi connectivity index (χ0n) is 11.2. The summed E-state index contributed by atoms with van der Waals surface area (Å²) < 4.78 is 26.3.